The Bertz CT molecular complexity index is 434. The molecule has 1 saturated heterocycles. The molecule has 2 unspecified atom stereocenters. The molecule has 0 saturated carbocycles. The van der Waals surface area contributed by atoms with E-state index in [1.54, 1.807) is 6.07 Å². The van der Waals surface area contributed by atoms with Crippen LogP contribution in [0.3, 0.4) is 0 Å². The van der Waals surface area contributed by atoms with Gasteiger partial charge in [0.05, 0.1) is 0 Å². The lowest BCUT2D eigenvalue weighted by Gasteiger charge is -2.21. The summed E-state index contributed by atoms with van der Waals surface area (Å²) in [5.41, 5.74) is 6.98. The van der Waals surface area contributed by atoms with E-state index in [-0.39, 0.29) is 6.04 Å². The van der Waals surface area contributed by atoms with E-state index >= 15 is 0 Å². The normalized spacial score (nSPS) is 24.7. The maximum absolute atomic E-state index is 13.9. The number of benzene rings is 1. The van der Waals surface area contributed by atoms with Gasteiger partial charge in [-0.1, -0.05) is 13.0 Å². The number of halogens is 2. The molecule has 18 heavy (non-hydrogen) atoms. The zero-order valence-electron chi connectivity index (χ0n) is 10.9. The van der Waals surface area contributed by atoms with E-state index in [4.69, 9.17) is 5.73 Å². The molecule has 0 spiro atoms. The molecule has 0 aliphatic carbocycles. The minimum atomic E-state index is -0.742. The minimum Gasteiger partial charge on any atom is -0.330 e. The van der Waals surface area contributed by atoms with Crippen molar-refractivity contribution in [1.29, 1.82) is 0 Å². The second kappa shape index (κ2) is 5.33. The van der Waals surface area contributed by atoms with Gasteiger partial charge in [0.15, 0.2) is 11.6 Å². The lowest BCUT2D eigenvalue weighted by atomic mass is 9.97. The highest BCUT2D eigenvalue weighted by atomic mass is 19.2. The predicted molar refractivity (Wildman–Crippen MR) is 68.3 cm³/mol. The van der Waals surface area contributed by atoms with Gasteiger partial charge in [0.2, 0.25) is 0 Å². The van der Waals surface area contributed by atoms with Crippen molar-refractivity contribution in [2.75, 3.05) is 20.1 Å². The highest BCUT2D eigenvalue weighted by Gasteiger charge is 2.32. The van der Waals surface area contributed by atoms with Crippen molar-refractivity contribution in [2.45, 2.75) is 25.8 Å². The summed E-state index contributed by atoms with van der Waals surface area (Å²) in [6.45, 7) is 3.38. The van der Waals surface area contributed by atoms with Crippen molar-refractivity contribution in [3.8, 4) is 0 Å². The zero-order valence-corrected chi connectivity index (χ0v) is 10.9. The van der Waals surface area contributed by atoms with E-state index in [1.165, 1.54) is 6.07 Å². The average Bonchev–Trinajstić information content (AvgIpc) is 2.74. The van der Waals surface area contributed by atoms with Gasteiger partial charge >= 0.3 is 0 Å². The van der Waals surface area contributed by atoms with Gasteiger partial charge in [-0.15, -0.1) is 0 Å². The Kier molecular flexibility index (Phi) is 3.97. The van der Waals surface area contributed by atoms with Crippen LogP contribution in [-0.2, 0) is 6.42 Å². The standard InChI is InChI=1S/C14H20F2N2/c1-3-9-4-11(14(16)12(15)5-9)13-6-10(7-17)8-18(13)2/h4-5,10,13H,3,6-8,17H2,1-2H3. The topological polar surface area (TPSA) is 29.3 Å². The first kappa shape index (κ1) is 13.4. The molecule has 1 fully saturated rings. The smallest absolute Gasteiger partial charge is 0.163 e. The summed E-state index contributed by atoms with van der Waals surface area (Å²) in [5.74, 6) is -1.08. The largest absolute Gasteiger partial charge is 0.330 e. The van der Waals surface area contributed by atoms with Crippen molar-refractivity contribution >= 4 is 0 Å². The molecule has 1 aliphatic heterocycles. The predicted octanol–water partition coefficient (Wildman–Crippen LogP) is 2.48. The van der Waals surface area contributed by atoms with Crippen LogP contribution in [0, 0.1) is 17.6 Å². The van der Waals surface area contributed by atoms with Gasteiger partial charge in [0, 0.05) is 18.2 Å². The van der Waals surface area contributed by atoms with E-state index in [2.05, 4.69) is 4.90 Å². The Labute approximate surface area is 107 Å². The lowest BCUT2D eigenvalue weighted by molar-refractivity contribution is 0.303. The fourth-order valence-corrected chi connectivity index (χ4v) is 2.76. The highest BCUT2D eigenvalue weighted by Crippen LogP contribution is 2.36. The molecule has 0 bridgehead atoms. The number of aryl methyl sites for hydroxylation is 1. The van der Waals surface area contributed by atoms with E-state index < -0.39 is 11.6 Å². The molecule has 0 aromatic heterocycles. The summed E-state index contributed by atoms with van der Waals surface area (Å²) in [6, 6.07) is 3.02. The monoisotopic (exact) mass is 254 g/mol. The number of nitrogens with zero attached hydrogens (tertiary/aromatic N) is 1. The van der Waals surface area contributed by atoms with Crippen LogP contribution in [0.1, 0.15) is 30.5 Å². The van der Waals surface area contributed by atoms with Crippen molar-refractivity contribution in [1.82, 2.24) is 4.90 Å². The van der Waals surface area contributed by atoms with Gasteiger partial charge in [-0.2, -0.15) is 0 Å². The van der Waals surface area contributed by atoms with Crippen molar-refractivity contribution in [3.63, 3.8) is 0 Å². The fourth-order valence-electron chi connectivity index (χ4n) is 2.76. The molecule has 2 nitrogen and oxygen atoms in total. The number of hydrogen-bond acceptors (Lipinski definition) is 2. The molecule has 1 aromatic carbocycles. The molecule has 0 amide bonds. The number of likely N-dealkylation sites (tertiary alicyclic amines) is 1. The summed E-state index contributed by atoms with van der Waals surface area (Å²) < 4.78 is 27.5. The van der Waals surface area contributed by atoms with Crippen LogP contribution in [0.15, 0.2) is 12.1 Å². The third-order valence-corrected chi connectivity index (χ3v) is 3.85. The summed E-state index contributed by atoms with van der Waals surface area (Å²) >= 11 is 0. The Morgan fingerprint density at radius 2 is 2.11 bits per heavy atom. The highest BCUT2D eigenvalue weighted by molar-refractivity contribution is 5.29. The fraction of sp³-hybridized carbons (Fsp3) is 0.571. The Morgan fingerprint density at radius 3 is 2.67 bits per heavy atom. The summed E-state index contributed by atoms with van der Waals surface area (Å²) in [5, 5.41) is 0. The van der Waals surface area contributed by atoms with Crippen molar-refractivity contribution in [3.05, 3.63) is 34.9 Å². The SMILES string of the molecule is CCc1cc(F)c(F)c(C2CC(CN)CN2C)c1. The molecular weight excluding hydrogens is 234 g/mol. The van der Waals surface area contributed by atoms with Crippen LogP contribution >= 0.6 is 0 Å². The van der Waals surface area contributed by atoms with E-state index in [0.29, 0.717) is 24.4 Å². The summed E-state index contributed by atoms with van der Waals surface area (Å²) in [4.78, 5) is 2.06. The van der Waals surface area contributed by atoms with Crippen LogP contribution in [0.4, 0.5) is 8.78 Å². The quantitative estimate of drug-likeness (QED) is 0.898. The first-order chi connectivity index (χ1) is 8.56. The van der Waals surface area contributed by atoms with E-state index in [0.717, 1.165) is 18.5 Å². The van der Waals surface area contributed by atoms with Crippen LogP contribution in [0.25, 0.3) is 0 Å². The Hall–Kier alpha value is -1.00. The van der Waals surface area contributed by atoms with E-state index in [1.807, 2.05) is 14.0 Å². The van der Waals surface area contributed by atoms with Crippen LogP contribution < -0.4 is 5.73 Å². The van der Waals surface area contributed by atoms with Gasteiger partial charge in [0.25, 0.3) is 0 Å². The summed E-state index contributed by atoms with van der Waals surface area (Å²) in [7, 11) is 1.94. The molecule has 2 atom stereocenters. The van der Waals surface area contributed by atoms with Gasteiger partial charge in [0.1, 0.15) is 0 Å². The van der Waals surface area contributed by atoms with Crippen molar-refractivity contribution < 1.29 is 8.78 Å². The van der Waals surface area contributed by atoms with Gasteiger partial charge in [-0.25, -0.2) is 8.78 Å². The molecule has 2 rings (SSSR count). The third kappa shape index (κ3) is 2.40. The Morgan fingerprint density at radius 1 is 1.39 bits per heavy atom. The second-order valence-corrected chi connectivity index (χ2v) is 5.13. The average molecular weight is 254 g/mol. The molecule has 4 heteroatoms. The number of rotatable bonds is 3. The van der Waals surface area contributed by atoms with E-state index in [9.17, 15) is 8.78 Å². The zero-order chi connectivity index (χ0) is 13.3. The van der Waals surface area contributed by atoms with Crippen LogP contribution in [0.5, 0.6) is 0 Å². The van der Waals surface area contributed by atoms with Crippen molar-refractivity contribution in [2.24, 2.45) is 11.7 Å². The summed E-state index contributed by atoms with van der Waals surface area (Å²) in [6.07, 6.45) is 1.51. The Balaban J connectivity index is 2.35. The van der Waals surface area contributed by atoms with Gasteiger partial charge < -0.3 is 5.73 Å². The third-order valence-electron chi connectivity index (χ3n) is 3.85. The molecule has 0 radical (unpaired) electrons. The molecule has 100 valence electrons. The molecular formula is C14H20F2N2. The maximum atomic E-state index is 13.9. The first-order valence-electron chi connectivity index (χ1n) is 6.44. The number of hydrogen-bond donors (Lipinski definition) is 1. The second-order valence-electron chi connectivity index (χ2n) is 5.13. The minimum absolute atomic E-state index is 0.0560. The number of nitrogens with two attached hydrogens (primary N) is 1. The molecule has 1 aromatic rings. The first-order valence-corrected chi connectivity index (χ1v) is 6.44. The van der Waals surface area contributed by atoms with Crippen LogP contribution in [0.2, 0.25) is 0 Å². The molecule has 1 aliphatic rings. The van der Waals surface area contributed by atoms with Gasteiger partial charge in [-0.05, 0) is 44.0 Å². The van der Waals surface area contributed by atoms with Crippen LogP contribution in [-0.4, -0.2) is 25.0 Å². The van der Waals surface area contributed by atoms with Gasteiger partial charge in [-0.3, -0.25) is 4.90 Å². The molecule has 1 heterocycles. The lowest BCUT2D eigenvalue weighted by Crippen LogP contribution is -2.21. The maximum Gasteiger partial charge on any atom is 0.163 e. The molecule has 2 N–H and O–H groups in total.